The Morgan fingerprint density at radius 2 is 2.15 bits per heavy atom. The van der Waals surface area contributed by atoms with Gasteiger partial charge in [-0.1, -0.05) is 30.7 Å². The van der Waals surface area contributed by atoms with E-state index in [2.05, 4.69) is 29.3 Å². The molecule has 1 aromatic rings. The zero-order valence-electron chi connectivity index (χ0n) is 8.53. The molecule has 3 rings (SSSR count). The normalized spacial score (nSPS) is 36.6. The highest BCUT2D eigenvalue weighted by Gasteiger charge is 2.40. The molecular formula is C12H13N. The summed E-state index contributed by atoms with van der Waals surface area (Å²) in [4.78, 5) is 4.42. The van der Waals surface area contributed by atoms with Crippen LogP contribution in [0.25, 0.3) is 0 Å². The maximum Gasteiger partial charge on any atom is 0.0486 e. The average molecular weight is 172 g/mol. The van der Waals surface area contributed by atoms with E-state index in [1.54, 1.807) is 0 Å². The van der Waals surface area contributed by atoms with Crippen molar-refractivity contribution in [3.05, 3.63) is 35.4 Å². The van der Waals surface area contributed by atoms with Crippen LogP contribution in [0.2, 0.25) is 0 Å². The third kappa shape index (κ3) is 0.902. The highest BCUT2D eigenvalue weighted by Crippen LogP contribution is 2.46. The Morgan fingerprint density at radius 1 is 1.31 bits per heavy atom. The molecule has 1 heteroatoms. The Hall–Kier alpha value is -1.11. The lowest BCUT2D eigenvalue weighted by molar-refractivity contribution is 0.251. The van der Waals surface area contributed by atoms with Crippen molar-refractivity contribution in [2.24, 2.45) is 4.99 Å². The third-order valence-electron chi connectivity index (χ3n) is 3.23. The van der Waals surface area contributed by atoms with Gasteiger partial charge >= 0.3 is 0 Å². The first-order valence-corrected chi connectivity index (χ1v) is 4.82. The van der Waals surface area contributed by atoms with E-state index >= 15 is 0 Å². The van der Waals surface area contributed by atoms with Gasteiger partial charge in [-0.25, -0.2) is 0 Å². The van der Waals surface area contributed by atoms with Crippen LogP contribution in [0.15, 0.2) is 29.3 Å². The number of hydrogen-bond donors (Lipinski definition) is 0. The Balaban J connectivity index is 2.08. The van der Waals surface area contributed by atoms with Gasteiger partial charge in [0.1, 0.15) is 0 Å². The second-order valence-corrected chi connectivity index (χ2v) is 4.03. The van der Waals surface area contributed by atoms with Crippen molar-refractivity contribution in [2.75, 3.05) is 6.54 Å². The van der Waals surface area contributed by atoms with Crippen LogP contribution in [-0.2, 0) is 5.41 Å². The van der Waals surface area contributed by atoms with Crippen molar-refractivity contribution in [3.63, 3.8) is 0 Å². The first kappa shape index (κ1) is 6.36. The van der Waals surface area contributed by atoms with Crippen LogP contribution < -0.4 is 0 Å². The minimum Gasteiger partial charge on any atom is -0.292 e. The third-order valence-corrected chi connectivity index (χ3v) is 3.23. The van der Waals surface area contributed by atoms with Gasteiger partial charge in [-0.3, -0.25) is 4.99 Å². The van der Waals surface area contributed by atoms with Crippen LogP contribution in [0.3, 0.4) is 0 Å². The molecule has 0 radical (unpaired) electrons. The Labute approximate surface area is 79.9 Å². The molecule has 1 saturated carbocycles. The zero-order valence-corrected chi connectivity index (χ0v) is 7.53. The molecular weight excluding hydrogens is 158 g/mol. The van der Waals surface area contributed by atoms with Gasteiger partial charge in [0.2, 0.25) is 0 Å². The largest absolute Gasteiger partial charge is 0.292 e. The fraction of sp³-hybridized carbons (Fsp3) is 0.417. The summed E-state index contributed by atoms with van der Waals surface area (Å²) in [5, 5.41) is 0. The van der Waals surface area contributed by atoms with E-state index in [0.717, 1.165) is 19.4 Å². The maximum atomic E-state index is 7.66. The second kappa shape index (κ2) is 2.44. The predicted octanol–water partition coefficient (Wildman–Crippen LogP) is 2.54. The number of aliphatic imine (C=N–C) groups is 1. The zero-order chi connectivity index (χ0) is 9.60. The molecule has 0 bridgehead atoms. The minimum atomic E-state index is 0.136. The summed E-state index contributed by atoms with van der Waals surface area (Å²) < 4.78 is 7.66. The molecule has 1 fully saturated rings. The average Bonchev–Trinajstić information content (AvgIpc) is 2.16. The van der Waals surface area contributed by atoms with Crippen molar-refractivity contribution in [2.45, 2.75) is 24.7 Å². The fourth-order valence-electron chi connectivity index (χ4n) is 2.34. The smallest absolute Gasteiger partial charge is 0.0486 e. The van der Waals surface area contributed by atoms with Crippen molar-refractivity contribution in [3.8, 4) is 0 Å². The molecule has 2 aliphatic rings. The van der Waals surface area contributed by atoms with Crippen LogP contribution in [0.4, 0.5) is 0 Å². The summed E-state index contributed by atoms with van der Waals surface area (Å²) in [6.45, 7) is 0.888. The predicted molar refractivity (Wildman–Crippen MR) is 54.4 cm³/mol. The van der Waals surface area contributed by atoms with Crippen LogP contribution in [-0.4, -0.2) is 12.8 Å². The van der Waals surface area contributed by atoms with Crippen molar-refractivity contribution >= 4 is 6.21 Å². The van der Waals surface area contributed by atoms with Gasteiger partial charge in [-0.05, 0) is 24.0 Å². The number of hydrogen-bond acceptors (Lipinski definition) is 1. The number of benzene rings is 1. The number of fused-ring (bicyclic) bond motifs is 2. The molecule has 0 unspecified atom stereocenters. The lowest BCUT2D eigenvalue weighted by atomic mass is 9.62. The maximum absolute atomic E-state index is 7.66. The van der Waals surface area contributed by atoms with Crippen molar-refractivity contribution in [1.82, 2.24) is 0 Å². The van der Waals surface area contributed by atoms with E-state index in [-0.39, 0.29) is 11.8 Å². The molecule has 1 spiro atoms. The highest BCUT2D eigenvalue weighted by atomic mass is 14.8. The first-order valence-electron chi connectivity index (χ1n) is 5.39. The van der Waals surface area contributed by atoms with Gasteiger partial charge in [-0.15, -0.1) is 0 Å². The molecule has 0 amide bonds. The van der Waals surface area contributed by atoms with Gasteiger partial charge in [0, 0.05) is 19.5 Å². The molecule has 1 aliphatic heterocycles. The molecule has 13 heavy (non-hydrogen) atoms. The molecule has 0 atom stereocenters. The van der Waals surface area contributed by atoms with Crippen LogP contribution in [0.5, 0.6) is 0 Å². The second-order valence-electron chi connectivity index (χ2n) is 4.03. The molecule has 1 nitrogen and oxygen atoms in total. The summed E-state index contributed by atoms with van der Waals surface area (Å²) in [5.74, 6) is 0. The number of nitrogens with zero attached hydrogens (tertiary/aromatic N) is 1. The highest BCUT2D eigenvalue weighted by molar-refractivity contribution is 5.84. The van der Waals surface area contributed by atoms with E-state index in [9.17, 15) is 0 Å². The topological polar surface area (TPSA) is 12.4 Å². The molecule has 0 saturated heterocycles. The minimum absolute atomic E-state index is 0.136. The molecule has 1 heterocycles. The van der Waals surface area contributed by atoms with Crippen molar-refractivity contribution in [1.29, 1.82) is 0 Å². The van der Waals surface area contributed by atoms with Gasteiger partial charge in [0.15, 0.2) is 0 Å². The SMILES string of the molecule is [2H]C1CC2(CN=Cc3ccccc32)C1. The molecule has 0 aromatic heterocycles. The molecule has 1 aromatic carbocycles. The molecule has 66 valence electrons. The summed E-state index contributed by atoms with van der Waals surface area (Å²) in [6, 6.07) is 8.47. The Kier molecular flexibility index (Phi) is 1.19. The standard InChI is InChI=1S/C12H13N/c1-2-5-11-10(4-1)8-13-9-12(11)6-3-7-12/h1-2,4-5,8H,3,6-7,9H2/i3D. The lowest BCUT2D eigenvalue weighted by Crippen LogP contribution is -2.39. The van der Waals surface area contributed by atoms with Crippen LogP contribution in [0, 0.1) is 0 Å². The fourth-order valence-corrected chi connectivity index (χ4v) is 2.34. The van der Waals surface area contributed by atoms with E-state index < -0.39 is 0 Å². The van der Waals surface area contributed by atoms with Gasteiger partial charge < -0.3 is 0 Å². The van der Waals surface area contributed by atoms with E-state index in [1.165, 1.54) is 11.1 Å². The van der Waals surface area contributed by atoms with Crippen LogP contribution in [0.1, 0.15) is 31.7 Å². The number of rotatable bonds is 0. The van der Waals surface area contributed by atoms with Gasteiger partial charge in [-0.2, -0.15) is 0 Å². The van der Waals surface area contributed by atoms with Gasteiger partial charge in [0.25, 0.3) is 0 Å². The summed E-state index contributed by atoms with van der Waals surface area (Å²) in [6.07, 6.45) is 4.08. The Bertz CT molecular complexity index is 391. The Morgan fingerprint density at radius 3 is 3.00 bits per heavy atom. The van der Waals surface area contributed by atoms with Gasteiger partial charge in [0.05, 0.1) is 0 Å². The van der Waals surface area contributed by atoms with E-state index in [0.29, 0.717) is 0 Å². The molecule has 0 N–H and O–H groups in total. The van der Waals surface area contributed by atoms with E-state index in [1.807, 2.05) is 6.21 Å². The quantitative estimate of drug-likeness (QED) is 0.570. The monoisotopic (exact) mass is 172 g/mol. The summed E-state index contributed by atoms with van der Waals surface area (Å²) >= 11 is 0. The molecule has 1 aliphatic carbocycles. The summed E-state index contributed by atoms with van der Waals surface area (Å²) in [5.41, 5.74) is 2.89. The summed E-state index contributed by atoms with van der Waals surface area (Å²) in [7, 11) is 0. The van der Waals surface area contributed by atoms with Crippen molar-refractivity contribution < 1.29 is 1.37 Å². The van der Waals surface area contributed by atoms with E-state index in [4.69, 9.17) is 1.37 Å². The van der Waals surface area contributed by atoms with Crippen LogP contribution >= 0.6 is 0 Å². The lowest BCUT2D eigenvalue weighted by Gasteiger charge is -2.43. The first-order chi connectivity index (χ1) is 6.80.